The molecule has 2 rings (SSSR count). The maximum absolute atomic E-state index is 13.4. The van der Waals surface area contributed by atoms with Crippen molar-refractivity contribution in [2.45, 2.75) is 18.7 Å². The molecule has 0 aromatic heterocycles. The molecule has 1 N–H and O–H groups in total. The van der Waals surface area contributed by atoms with Crippen molar-refractivity contribution in [1.82, 2.24) is 0 Å². The lowest BCUT2D eigenvalue weighted by Gasteiger charge is -2.10. The predicted molar refractivity (Wildman–Crippen MR) is 81.7 cm³/mol. The summed E-state index contributed by atoms with van der Waals surface area (Å²) in [5.41, 5.74) is 2.99. The van der Waals surface area contributed by atoms with E-state index in [0.717, 1.165) is 16.8 Å². The van der Waals surface area contributed by atoms with Crippen molar-refractivity contribution in [1.29, 1.82) is 0 Å². The molecule has 2 aromatic rings. The van der Waals surface area contributed by atoms with Gasteiger partial charge in [0, 0.05) is 10.6 Å². The average Bonchev–Trinajstić information content (AvgIpc) is 2.43. The zero-order valence-electron chi connectivity index (χ0n) is 11.4. The zero-order valence-corrected chi connectivity index (χ0v) is 12.3. The van der Waals surface area contributed by atoms with Crippen LogP contribution < -0.4 is 5.32 Å². The fourth-order valence-electron chi connectivity index (χ4n) is 1.78. The second-order valence-corrected chi connectivity index (χ2v) is 5.53. The Bertz CT molecular complexity index is 628. The quantitative estimate of drug-likeness (QED) is 0.856. The highest BCUT2D eigenvalue weighted by Gasteiger charge is 2.08. The number of rotatable bonds is 4. The minimum absolute atomic E-state index is 0.132. The van der Waals surface area contributed by atoms with Gasteiger partial charge in [0.25, 0.3) is 0 Å². The molecule has 0 fully saturated rings. The van der Waals surface area contributed by atoms with Crippen LogP contribution in [-0.2, 0) is 4.79 Å². The molecule has 1 amide bonds. The zero-order chi connectivity index (χ0) is 14.5. The van der Waals surface area contributed by atoms with E-state index in [4.69, 9.17) is 0 Å². The summed E-state index contributed by atoms with van der Waals surface area (Å²) in [7, 11) is 0. The van der Waals surface area contributed by atoms with Gasteiger partial charge in [-0.05, 0) is 43.2 Å². The molecule has 0 aliphatic rings. The van der Waals surface area contributed by atoms with E-state index in [0.29, 0.717) is 4.90 Å². The first-order valence-electron chi connectivity index (χ1n) is 6.31. The van der Waals surface area contributed by atoms with Crippen LogP contribution in [0.5, 0.6) is 0 Å². The number of anilines is 1. The van der Waals surface area contributed by atoms with Gasteiger partial charge >= 0.3 is 0 Å². The van der Waals surface area contributed by atoms with Crippen LogP contribution in [0.15, 0.2) is 47.4 Å². The Morgan fingerprint density at radius 1 is 1.15 bits per heavy atom. The lowest BCUT2D eigenvalue weighted by atomic mass is 10.1. The Labute approximate surface area is 122 Å². The summed E-state index contributed by atoms with van der Waals surface area (Å²) in [5, 5.41) is 2.86. The Balaban J connectivity index is 1.96. The van der Waals surface area contributed by atoms with Crippen LogP contribution in [0.2, 0.25) is 0 Å². The number of thioether (sulfide) groups is 1. The van der Waals surface area contributed by atoms with Gasteiger partial charge in [0.1, 0.15) is 5.82 Å². The third-order valence-electron chi connectivity index (χ3n) is 3.07. The van der Waals surface area contributed by atoms with Crippen LogP contribution in [0.3, 0.4) is 0 Å². The fourth-order valence-corrected chi connectivity index (χ4v) is 2.52. The number of halogens is 1. The smallest absolute Gasteiger partial charge is 0.234 e. The normalized spacial score (nSPS) is 10.3. The first-order valence-corrected chi connectivity index (χ1v) is 7.30. The van der Waals surface area contributed by atoms with Gasteiger partial charge in [-0.1, -0.05) is 24.3 Å². The van der Waals surface area contributed by atoms with Crippen molar-refractivity contribution < 1.29 is 9.18 Å². The molecule has 0 bridgehead atoms. The number of amides is 1. The number of aryl methyl sites for hydroxylation is 1. The van der Waals surface area contributed by atoms with Crippen LogP contribution in [0, 0.1) is 19.7 Å². The lowest BCUT2D eigenvalue weighted by Crippen LogP contribution is -2.15. The molecule has 104 valence electrons. The van der Waals surface area contributed by atoms with Crippen molar-refractivity contribution in [2.24, 2.45) is 0 Å². The fraction of sp³-hybridized carbons (Fsp3) is 0.188. The number of benzene rings is 2. The summed E-state index contributed by atoms with van der Waals surface area (Å²) in [4.78, 5) is 12.4. The number of carbonyl (C=O) groups excluding carboxylic acids is 1. The third-order valence-corrected chi connectivity index (χ3v) is 4.12. The first kappa shape index (κ1) is 14.6. The van der Waals surface area contributed by atoms with Crippen LogP contribution in [-0.4, -0.2) is 11.7 Å². The highest BCUT2D eigenvalue weighted by Crippen LogP contribution is 2.22. The van der Waals surface area contributed by atoms with E-state index in [1.165, 1.54) is 17.8 Å². The van der Waals surface area contributed by atoms with E-state index < -0.39 is 0 Å². The third kappa shape index (κ3) is 3.61. The number of carbonyl (C=O) groups is 1. The van der Waals surface area contributed by atoms with Gasteiger partial charge in [0.15, 0.2) is 0 Å². The van der Waals surface area contributed by atoms with Gasteiger partial charge in [-0.15, -0.1) is 11.8 Å². The summed E-state index contributed by atoms with van der Waals surface area (Å²) in [5.74, 6) is -0.238. The maximum Gasteiger partial charge on any atom is 0.234 e. The summed E-state index contributed by atoms with van der Waals surface area (Å²) in [6.45, 7) is 3.97. The van der Waals surface area contributed by atoms with Gasteiger partial charge in [0.05, 0.1) is 5.75 Å². The van der Waals surface area contributed by atoms with E-state index in [1.807, 2.05) is 32.0 Å². The molecule has 0 spiro atoms. The summed E-state index contributed by atoms with van der Waals surface area (Å²) in [6, 6.07) is 12.2. The molecule has 4 heteroatoms. The standard InChI is InChI=1S/C16H16FNOS/c1-11-6-5-8-14(12(11)2)18-16(19)10-20-15-9-4-3-7-13(15)17/h3-9H,10H2,1-2H3,(H,18,19). The molecule has 0 saturated carbocycles. The van der Waals surface area contributed by atoms with Crippen molar-refractivity contribution in [3.8, 4) is 0 Å². The SMILES string of the molecule is Cc1cccc(NC(=O)CSc2ccccc2F)c1C. The predicted octanol–water partition coefficient (Wildman–Crippen LogP) is 4.17. The summed E-state index contributed by atoms with van der Waals surface area (Å²) >= 11 is 1.20. The van der Waals surface area contributed by atoms with Gasteiger partial charge in [0.2, 0.25) is 5.91 Å². The molecule has 0 radical (unpaired) electrons. The minimum Gasteiger partial charge on any atom is -0.325 e. The maximum atomic E-state index is 13.4. The van der Waals surface area contributed by atoms with Crippen molar-refractivity contribution in [3.63, 3.8) is 0 Å². The Morgan fingerprint density at radius 3 is 2.65 bits per heavy atom. The van der Waals surface area contributed by atoms with Crippen LogP contribution >= 0.6 is 11.8 Å². The molecule has 0 saturated heterocycles. The molecular weight excluding hydrogens is 273 g/mol. The van der Waals surface area contributed by atoms with Crippen LogP contribution in [0.25, 0.3) is 0 Å². The summed E-state index contributed by atoms with van der Waals surface area (Å²) < 4.78 is 13.4. The Kier molecular flexibility index (Phi) is 4.79. The second-order valence-electron chi connectivity index (χ2n) is 4.51. The number of nitrogens with one attached hydrogen (secondary N) is 1. The molecule has 0 heterocycles. The lowest BCUT2D eigenvalue weighted by molar-refractivity contribution is -0.113. The molecule has 2 aromatic carbocycles. The first-order chi connectivity index (χ1) is 9.58. The van der Waals surface area contributed by atoms with Crippen LogP contribution in [0.1, 0.15) is 11.1 Å². The molecule has 2 nitrogen and oxygen atoms in total. The topological polar surface area (TPSA) is 29.1 Å². The van der Waals surface area contributed by atoms with Gasteiger partial charge in [-0.25, -0.2) is 4.39 Å². The second kappa shape index (κ2) is 6.57. The van der Waals surface area contributed by atoms with Crippen molar-refractivity contribution >= 4 is 23.4 Å². The average molecular weight is 289 g/mol. The summed E-state index contributed by atoms with van der Waals surface area (Å²) in [6.07, 6.45) is 0. The molecule has 0 atom stereocenters. The van der Waals surface area contributed by atoms with Crippen molar-refractivity contribution in [3.05, 3.63) is 59.4 Å². The van der Waals surface area contributed by atoms with Gasteiger partial charge < -0.3 is 5.32 Å². The van der Waals surface area contributed by atoms with E-state index in [9.17, 15) is 9.18 Å². The molecule has 0 unspecified atom stereocenters. The van der Waals surface area contributed by atoms with E-state index in [1.54, 1.807) is 18.2 Å². The van der Waals surface area contributed by atoms with E-state index in [2.05, 4.69) is 5.32 Å². The number of hydrogen-bond donors (Lipinski definition) is 1. The highest BCUT2D eigenvalue weighted by molar-refractivity contribution is 8.00. The van der Waals surface area contributed by atoms with Crippen LogP contribution in [0.4, 0.5) is 10.1 Å². The van der Waals surface area contributed by atoms with Crippen molar-refractivity contribution in [2.75, 3.05) is 11.1 Å². The molecule has 0 aliphatic heterocycles. The van der Waals surface area contributed by atoms with E-state index >= 15 is 0 Å². The highest BCUT2D eigenvalue weighted by atomic mass is 32.2. The van der Waals surface area contributed by atoms with Gasteiger partial charge in [-0.2, -0.15) is 0 Å². The Hall–Kier alpha value is -1.81. The molecular formula is C16H16FNOS. The molecule has 20 heavy (non-hydrogen) atoms. The van der Waals surface area contributed by atoms with Gasteiger partial charge in [-0.3, -0.25) is 4.79 Å². The Morgan fingerprint density at radius 2 is 1.90 bits per heavy atom. The van der Waals surface area contributed by atoms with E-state index in [-0.39, 0.29) is 17.5 Å². The molecule has 0 aliphatic carbocycles. The number of hydrogen-bond acceptors (Lipinski definition) is 2. The largest absolute Gasteiger partial charge is 0.325 e. The monoisotopic (exact) mass is 289 g/mol. The minimum atomic E-state index is -0.294.